The predicted molar refractivity (Wildman–Crippen MR) is 63.9 cm³/mol. The molecule has 0 aliphatic rings. The summed E-state index contributed by atoms with van der Waals surface area (Å²) in [5, 5.41) is 8.60. The average Bonchev–Trinajstić information content (AvgIpc) is 2.27. The average molecular weight is 251 g/mol. The van der Waals surface area contributed by atoms with Crippen molar-refractivity contribution in [2.75, 3.05) is 5.75 Å². The molecule has 0 amide bonds. The van der Waals surface area contributed by atoms with E-state index in [4.69, 9.17) is 5.26 Å². The van der Waals surface area contributed by atoms with Gasteiger partial charge in [0.05, 0.1) is 23.1 Å². The van der Waals surface area contributed by atoms with E-state index in [9.17, 15) is 13.2 Å². The normalized spacial score (nSPS) is 10.8. The number of rotatable bonds is 5. The molecule has 0 heterocycles. The van der Waals surface area contributed by atoms with E-state index in [1.54, 1.807) is 24.3 Å². The molecule has 0 radical (unpaired) electrons. The van der Waals surface area contributed by atoms with Crippen LogP contribution in [-0.2, 0) is 20.4 Å². The molecule has 0 spiro atoms. The number of sulfone groups is 1. The number of nitrogens with zero attached hydrogens (tertiary/aromatic N) is 1. The van der Waals surface area contributed by atoms with Crippen molar-refractivity contribution in [3.05, 3.63) is 35.4 Å². The Kier molecular flexibility index (Phi) is 4.41. The molecule has 0 aliphatic heterocycles. The number of benzene rings is 1. The van der Waals surface area contributed by atoms with Crippen molar-refractivity contribution in [2.24, 2.45) is 0 Å². The number of hydrogen-bond acceptors (Lipinski definition) is 4. The molecular weight excluding hydrogens is 238 g/mol. The van der Waals surface area contributed by atoms with Crippen molar-refractivity contribution in [1.29, 1.82) is 5.26 Å². The van der Waals surface area contributed by atoms with Crippen molar-refractivity contribution < 1.29 is 13.2 Å². The summed E-state index contributed by atoms with van der Waals surface area (Å²) in [5.41, 5.74) is 1.13. The minimum Gasteiger partial charge on any atom is -0.300 e. The van der Waals surface area contributed by atoms with Gasteiger partial charge in [0.1, 0.15) is 5.78 Å². The van der Waals surface area contributed by atoms with E-state index in [2.05, 4.69) is 0 Å². The van der Waals surface area contributed by atoms with Crippen LogP contribution in [0.4, 0.5) is 0 Å². The minimum atomic E-state index is -3.25. The lowest BCUT2D eigenvalue weighted by atomic mass is 10.2. The summed E-state index contributed by atoms with van der Waals surface area (Å²) in [6.07, 6.45) is 0.0542. The van der Waals surface area contributed by atoms with Crippen molar-refractivity contribution >= 4 is 15.6 Å². The molecule has 0 atom stereocenters. The van der Waals surface area contributed by atoms with Crippen LogP contribution in [0.2, 0.25) is 0 Å². The van der Waals surface area contributed by atoms with Crippen molar-refractivity contribution in [3.8, 4) is 6.07 Å². The first-order chi connectivity index (χ1) is 7.93. The third-order valence-electron chi connectivity index (χ3n) is 2.23. The summed E-state index contributed by atoms with van der Waals surface area (Å²) < 4.78 is 23.3. The molecule has 0 N–H and O–H groups in total. The summed E-state index contributed by atoms with van der Waals surface area (Å²) in [7, 11) is -3.25. The zero-order valence-corrected chi connectivity index (χ0v) is 10.3. The number of hydrogen-bond donors (Lipinski definition) is 0. The predicted octanol–water partition coefficient (Wildman–Crippen LogP) is 1.45. The molecule has 0 aromatic heterocycles. The van der Waals surface area contributed by atoms with Crippen LogP contribution < -0.4 is 0 Å². The third kappa shape index (κ3) is 4.79. The van der Waals surface area contributed by atoms with Gasteiger partial charge in [-0.15, -0.1) is 0 Å². The fraction of sp³-hybridized carbons (Fsp3) is 0.333. The Balaban J connectivity index is 2.70. The molecular formula is C12H13NO3S. The van der Waals surface area contributed by atoms with Gasteiger partial charge in [-0.3, -0.25) is 4.79 Å². The van der Waals surface area contributed by atoms with E-state index < -0.39 is 9.84 Å². The Morgan fingerprint density at radius 1 is 1.29 bits per heavy atom. The summed E-state index contributed by atoms with van der Waals surface area (Å²) in [6, 6.07) is 8.35. The highest BCUT2D eigenvalue weighted by atomic mass is 32.2. The van der Waals surface area contributed by atoms with Crippen LogP contribution in [-0.4, -0.2) is 20.0 Å². The molecule has 90 valence electrons. The molecule has 0 fully saturated rings. The van der Waals surface area contributed by atoms with Gasteiger partial charge in [0.25, 0.3) is 0 Å². The SMILES string of the molecule is CC(=O)CCS(=O)(=O)Cc1ccc(C#N)cc1. The van der Waals surface area contributed by atoms with E-state index in [0.717, 1.165) is 0 Å². The molecule has 0 saturated carbocycles. The molecule has 1 aromatic carbocycles. The van der Waals surface area contributed by atoms with Gasteiger partial charge in [0.15, 0.2) is 9.84 Å². The number of carbonyl (C=O) groups excluding carboxylic acids is 1. The number of carbonyl (C=O) groups is 1. The topological polar surface area (TPSA) is 75.0 Å². The van der Waals surface area contributed by atoms with Crippen LogP contribution in [0.3, 0.4) is 0 Å². The lowest BCUT2D eigenvalue weighted by Crippen LogP contribution is -2.11. The second-order valence-electron chi connectivity index (χ2n) is 3.85. The van der Waals surface area contributed by atoms with Gasteiger partial charge in [0.2, 0.25) is 0 Å². The second kappa shape index (κ2) is 5.60. The first-order valence-corrected chi connectivity index (χ1v) is 6.94. The van der Waals surface area contributed by atoms with E-state index in [0.29, 0.717) is 11.1 Å². The Morgan fingerprint density at radius 3 is 2.35 bits per heavy atom. The number of Topliss-reactive ketones (excluding diaryl/α,β-unsaturated/α-hetero) is 1. The number of nitriles is 1. The molecule has 0 bridgehead atoms. The van der Waals surface area contributed by atoms with Crippen LogP contribution in [0.15, 0.2) is 24.3 Å². The van der Waals surface area contributed by atoms with Gasteiger partial charge in [0, 0.05) is 6.42 Å². The maximum atomic E-state index is 11.6. The smallest absolute Gasteiger partial charge is 0.154 e. The van der Waals surface area contributed by atoms with Crippen LogP contribution in [0, 0.1) is 11.3 Å². The Morgan fingerprint density at radius 2 is 1.88 bits per heavy atom. The monoisotopic (exact) mass is 251 g/mol. The van der Waals surface area contributed by atoms with Gasteiger partial charge in [-0.2, -0.15) is 5.26 Å². The van der Waals surface area contributed by atoms with Crippen molar-refractivity contribution in [2.45, 2.75) is 19.1 Å². The molecule has 0 saturated heterocycles. The van der Waals surface area contributed by atoms with Gasteiger partial charge in [-0.05, 0) is 24.6 Å². The van der Waals surface area contributed by atoms with E-state index in [-0.39, 0.29) is 23.7 Å². The molecule has 1 rings (SSSR count). The van der Waals surface area contributed by atoms with Crippen LogP contribution in [0.5, 0.6) is 0 Å². The highest BCUT2D eigenvalue weighted by molar-refractivity contribution is 7.90. The lowest BCUT2D eigenvalue weighted by Gasteiger charge is -2.03. The quantitative estimate of drug-likeness (QED) is 0.793. The second-order valence-corrected chi connectivity index (χ2v) is 6.04. The first kappa shape index (κ1) is 13.4. The zero-order valence-electron chi connectivity index (χ0n) is 9.51. The molecule has 5 heteroatoms. The minimum absolute atomic E-state index is 0.0542. The molecule has 0 unspecified atom stereocenters. The Hall–Kier alpha value is -1.67. The summed E-state index contributed by atoms with van der Waals surface area (Å²) in [4.78, 5) is 10.7. The maximum absolute atomic E-state index is 11.6. The molecule has 17 heavy (non-hydrogen) atoms. The highest BCUT2D eigenvalue weighted by Crippen LogP contribution is 2.09. The molecule has 0 aliphatic carbocycles. The van der Waals surface area contributed by atoms with Gasteiger partial charge >= 0.3 is 0 Å². The van der Waals surface area contributed by atoms with E-state index in [1.165, 1.54) is 6.92 Å². The zero-order chi connectivity index (χ0) is 12.9. The van der Waals surface area contributed by atoms with Gasteiger partial charge in [-0.25, -0.2) is 8.42 Å². The van der Waals surface area contributed by atoms with E-state index >= 15 is 0 Å². The standard InChI is InChI=1S/C12H13NO3S/c1-10(14)6-7-17(15,16)9-12-4-2-11(8-13)3-5-12/h2-5H,6-7,9H2,1H3. The maximum Gasteiger partial charge on any atom is 0.154 e. The Bertz CT molecular complexity index is 538. The molecule has 1 aromatic rings. The van der Waals surface area contributed by atoms with Crippen molar-refractivity contribution in [3.63, 3.8) is 0 Å². The van der Waals surface area contributed by atoms with Crippen LogP contribution in [0.1, 0.15) is 24.5 Å². The highest BCUT2D eigenvalue weighted by Gasteiger charge is 2.12. The Labute approximate surface area is 101 Å². The van der Waals surface area contributed by atoms with Crippen molar-refractivity contribution in [1.82, 2.24) is 0 Å². The third-order valence-corrected chi connectivity index (χ3v) is 3.83. The largest absolute Gasteiger partial charge is 0.300 e. The van der Waals surface area contributed by atoms with Gasteiger partial charge < -0.3 is 0 Å². The van der Waals surface area contributed by atoms with Gasteiger partial charge in [-0.1, -0.05) is 12.1 Å². The van der Waals surface area contributed by atoms with E-state index in [1.807, 2.05) is 6.07 Å². The summed E-state index contributed by atoms with van der Waals surface area (Å²) in [5.74, 6) is -0.345. The summed E-state index contributed by atoms with van der Waals surface area (Å²) >= 11 is 0. The molecule has 4 nitrogen and oxygen atoms in total. The fourth-order valence-corrected chi connectivity index (χ4v) is 2.74. The van der Waals surface area contributed by atoms with Crippen LogP contribution in [0.25, 0.3) is 0 Å². The van der Waals surface area contributed by atoms with Crippen LogP contribution >= 0.6 is 0 Å². The number of ketones is 1. The lowest BCUT2D eigenvalue weighted by molar-refractivity contribution is -0.116. The summed E-state index contributed by atoms with van der Waals surface area (Å²) in [6.45, 7) is 1.37. The fourth-order valence-electron chi connectivity index (χ4n) is 1.30. The first-order valence-electron chi connectivity index (χ1n) is 5.12.